The SMILES string of the molecule is Cc1cccc(Cl)c1C(=O)n1nc(C2=CCC(C(=O)OC(C)(C)C)CC2)c2ccc(C(=O)N3CC(F)(F)C3)cc21. The lowest BCUT2D eigenvalue weighted by Crippen LogP contribution is -2.58. The largest absolute Gasteiger partial charge is 0.460 e. The van der Waals surface area contributed by atoms with E-state index in [1.165, 1.54) is 10.7 Å². The number of likely N-dealkylation sites (tertiary alicyclic amines) is 1. The number of esters is 1. The van der Waals surface area contributed by atoms with Crippen molar-refractivity contribution < 1.29 is 27.9 Å². The number of nitrogens with zero attached hydrogens (tertiary/aromatic N) is 3. The number of rotatable bonds is 4. The molecule has 2 aliphatic rings. The Kier molecular flexibility index (Phi) is 7.06. The third kappa shape index (κ3) is 5.39. The number of hydrogen-bond acceptors (Lipinski definition) is 5. The Morgan fingerprint density at radius 2 is 1.82 bits per heavy atom. The van der Waals surface area contributed by atoms with Crippen LogP contribution in [-0.2, 0) is 9.53 Å². The van der Waals surface area contributed by atoms with Gasteiger partial charge in [-0.3, -0.25) is 14.4 Å². The minimum atomic E-state index is -2.89. The van der Waals surface area contributed by atoms with Gasteiger partial charge in [-0.15, -0.1) is 0 Å². The molecule has 210 valence electrons. The minimum Gasteiger partial charge on any atom is -0.460 e. The van der Waals surface area contributed by atoms with Gasteiger partial charge in [0, 0.05) is 10.9 Å². The van der Waals surface area contributed by atoms with E-state index in [1.54, 1.807) is 37.3 Å². The molecule has 0 spiro atoms. The van der Waals surface area contributed by atoms with Crippen LogP contribution in [0.15, 0.2) is 42.5 Å². The van der Waals surface area contributed by atoms with Crippen LogP contribution in [0.3, 0.4) is 0 Å². The maximum absolute atomic E-state index is 13.8. The van der Waals surface area contributed by atoms with Crippen molar-refractivity contribution in [2.45, 2.75) is 58.5 Å². The highest BCUT2D eigenvalue weighted by Crippen LogP contribution is 2.36. The van der Waals surface area contributed by atoms with E-state index in [1.807, 2.05) is 26.8 Å². The summed E-state index contributed by atoms with van der Waals surface area (Å²) in [7, 11) is 0. The smallest absolute Gasteiger partial charge is 0.309 e. The molecule has 0 bridgehead atoms. The van der Waals surface area contributed by atoms with Crippen LogP contribution >= 0.6 is 11.6 Å². The first-order chi connectivity index (χ1) is 18.7. The molecular formula is C30H30ClF2N3O4. The van der Waals surface area contributed by atoms with Gasteiger partial charge in [0.05, 0.1) is 40.8 Å². The average molecular weight is 570 g/mol. The van der Waals surface area contributed by atoms with Gasteiger partial charge in [-0.25, -0.2) is 8.78 Å². The maximum Gasteiger partial charge on any atom is 0.309 e. The van der Waals surface area contributed by atoms with Gasteiger partial charge in [-0.05, 0) is 82.4 Å². The Morgan fingerprint density at radius 1 is 1.10 bits per heavy atom. The second-order valence-corrected chi connectivity index (χ2v) is 11.9. The lowest BCUT2D eigenvalue weighted by Gasteiger charge is -2.38. The van der Waals surface area contributed by atoms with E-state index >= 15 is 0 Å². The molecule has 1 amide bonds. The molecule has 7 nitrogen and oxygen atoms in total. The standard InChI is InChI=1S/C30H30ClF2N3O4/c1-17-6-5-7-22(31)24(17)27(38)36-23-14-20(26(37)35-15-30(32,33)16-35)12-13-21(23)25(34-36)18-8-10-19(11-9-18)28(39)40-29(2,3)4/h5-8,12-14,19H,9-11,15-16H2,1-4H3. The Labute approximate surface area is 235 Å². The van der Waals surface area contributed by atoms with E-state index in [4.69, 9.17) is 16.3 Å². The first-order valence-electron chi connectivity index (χ1n) is 13.2. The molecule has 1 saturated heterocycles. The van der Waals surface area contributed by atoms with Gasteiger partial charge in [-0.1, -0.05) is 29.8 Å². The second kappa shape index (κ2) is 10.1. The van der Waals surface area contributed by atoms with Crippen molar-refractivity contribution in [3.63, 3.8) is 0 Å². The molecule has 1 aromatic heterocycles. The van der Waals surface area contributed by atoms with Crippen LogP contribution in [0.2, 0.25) is 5.02 Å². The van der Waals surface area contributed by atoms with E-state index in [9.17, 15) is 23.2 Å². The molecule has 1 fully saturated rings. The summed E-state index contributed by atoms with van der Waals surface area (Å²) in [6.45, 7) is 5.98. The van der Waals surface area contributed by atoms with Crippen molar-refractivity contribution in [3.05, 3.63) is 69.9 Å². The summed E-state index contributed by atoms with van der Waals surface area (Å²) in [6, 6.07) is 9.90. The molecular weight excluding hydrogens is 540 g/mol. The number of allylic oxidation sites excluding steroid dienone is 2. The van der Waals surface area contributed by atoms with Gasteiger partial charge in [0.25, 0.3) is 17.7 Å². The Balaban J connectivity index is 1.54. The number of halogens is 3. The van der Waals surface area contributed by atoms with E-state index in [0.29, 0.717) is 41.4 Å². The summed E-state index contributed by atoms with van der Waals surface area (Å²) in [5, 5.41) is 5.58. The summed E-state index contributed by atoms with van der Waals surface area (Å²) in [5.41, 5.74) is 2.35. The molecule has 0 N–H and O–H groups in total. The van der Waals surface area contributed by atoms with Crippen molar-refractivity contribution in [1.29, 1.82) is 0 Å². The van der Waals surface area contributed by atoms with Gasteiger partial charge in [0.2, 0.25) is 0 Å². The van der Waals surface area contributed by atoms with Gasteiger partial charge >= 0.3 is 5.97 Å². The molecule has 1 aliphatic carbocycles. The molecule has 1 aliphatic heterocycles. The normalized spacial score (nSPS) is 18.7. The molecule has 3 aromatic rings. The number of aromatic nitrogens is 2. The number of carbonyl (C=O) groups is 3. The number of aryl methyl sites for hydroxylation is 1. The van der Waals surface area contributed by atoms with Gasteiger partial charge in [0.15, 0.2) is 0 Å². The monoisotopic (exact) mass is 569 g/mol. The van der Waals surface area contributed by atoms with Crippen LogP contribution in [0.1, 0.15) is 72.0 Å². The predicted octanol–water partition coefficient (Wildman–Crippen LogP) is 6.30. The number of fused-ring (bicyclic) bond motifs is 1. The molecule has 2 heterocycles. The van der Waals surface area contributed by atoms with E-state index in [0.717, 1.165) is 10.5 Å². The maximum atomic E-state index is 13.8. The summed E-state index contributed by atoms with van der Waals surface area (Å²) < 4.78 is 33.6. The van der Waals surface area contributed by atoms with Crippen molar-refractivity contribution in [2.24, 2.45) is 5.92 Å². The number of carbonyl (C=O) groups excluding carboxylic acids is 3. The average Bonchev–Trinajstić information content (AvgIpc) is 3.24. The third-order valence-electron chi connectivity index (χ3n) is 7.14. The predicted molar refractivity (Wildman–Crippen MR) is 148 cm³/mol. The molecule has 10 heteroatoms. The van der Waals surface area contributed by atoms with E-state index < -0.39 is 36.4 Å². The summed E-state index contributed by atoms with van der Waals surface area (Å²) in [5.74, 6) is -4.43. The lowest BCUT2D eigenvalue weighted by molar-refractivity contribution is -0.160. The van der Waals surface area contributed by atoms with Crippen molar-refractivity contribution in [1.82, 2.24) is 14.7 Å². The first-order valence-corrected chi connectivity index (χ1v) is 13.5. The molecule has 5 rings (SSSR count). The number of benzene rings is 2. The highest BCUT2D eigenvalue weighted by Gasteiger charge is 2.46. The van der Waals surface area contributed by atoms with Crippen LogP contribution in [-0.4, -0.2) is 57.1 Å². The van der Waals surface area contributed by atoms with Crippen LogP contribution in [0.4, 0.5) is 8.78 Å². The highest BCUT2D eigenvalue weighted by molar-refractivity contribution is 6.34. The Morgan fingerprint density at radius 3 is 2.42 bits per heavy atom. The van der Waals surface area contributed by atoms with Gasteiger partial charge in [0.1, 0.15) is 5.60 Å². The zero-order valence-corrected chi connectivity index (χ0v) is 23.5. The quantitative estimate of drug-likeness (QED) is 0.344. The molecule has 1 unspecified atom stereocenters. The van der Waals surface area contributed by atoms with Crippen molar-refractivity contribution in [2.75, 3.05) is 13.1 Å². The molecule has 1 atom stereocenters. The molecule has 2 aromatic carbocycles. The molecule has 40 heavy (non-hydrogen) atoms. The number of alkyl halides is 2. The van der Waals surface area contributed by atoms with E-state index in [-0.39, 0.29) is 28.0 Å². The van der Waals surface area contributed by atoms with Crippen LogP contribution in [0.25, 0.3) is 16.5 Å². The summed E-state index contributed by atoms with van der Waals surface area (Å²) in [4.78, 5) is 40.4. The second-order valence-electron chi connectivity index (χ2n) is 11.5. The Hall–Kier alpha value is -3.59. The summed E-state index contributed by atoms with van der Waals surface area (Å²) in [6.07, 6.45) is 3.51. The fourth-order valence-electron chi connectivity index (χ4n) is 5.14. The van der Waals surface area contributed by atoms with Crippen molar-refractivity contribution in [3.8, 4) is 0 Å². The van der Waals surface area contributed by atoms with Crippen molar-refractivity contribution >= 4 is 45.9 Å². The first kappa shape index (κ1) is 28.0. The fourth-order valence-corrected chi connectivity index (χ4v) is 5.44. The highest BCUT2D eigenvalue weighted by atomic mass is 35.5. The van der Waals surface area contributed by atoms with Crippen LogP contribution in [0.5, 0.6) is 0 Å². The lowest BCUT2D eigenvalue weighted by atomic mass is 9.87. The van der Waals surface area contributed by atoms with E-state index in [2.05, 4.69) is 5.10 Å². The van der Waals surface area contributed by atoms with Gasteiger partial charge < -0.3 is 9.64 Å². The minimum absolute atomic E-state index is 0.182. The number of amides is 1. The molecule has 0 radical (unpaired) electrons. The van der Waals surface area contributed by atoms with Gasteiger partial charge in [-0.2, -0.15) is 9.78 Å². The fraction of sp³-hybridized carbons (Fsp3) is 0.400. The third-order valence-corrected chi connectivity index (χ3v) is 7.46. The summed E-state index contributed by atoms with van der Waals surface area (Å²) >= 11 is 6.40. The molecule has 0 saturated carbocycles. The number of hydrogen-bond donors (Lipinski definition) is 0. The topological polar surface area (TPSA) is 81.5 Å². The Bertz CT molecular complexity index is 1540. The zero-order chi connectivity index (χ0) is 29.0. The van der Waals surface area contributed by atoms with Crippen LogP contribution in [0, 0.1) is 12.8 Å². The number of ether oxygens (including phenoxy) is 1. The van der Waals surface area contributed by atoms with Crippen LogP contribution < -0.4 is 0 Å². The zero-order valence-electron chi connectivity index (χ0n) is 22.8.